The van der Waals surface area contributed by atoms with Gasteiger partial charge in [0.15, 0.2) is 0 Å². The molecule has 2 heterocycles. The highest BCUT2D eigenvalue weighted by atomic mass is 16.2. The van der Waals surface area contributed by atoms with Gasteiger partial charge in [0, 0.05) is 37.4 Å². The summed E-state index contributed by atoms with van der Waals surface area (Å²) in [4.78, 5) is 29.0. The van der Waals surface area contributed by atoms with E-state index in [1.165, 1.54) is 12.8 Å². The van der Waals surface area contributed by atoms with Gasteiger partial charge in [0.2, 0.25) is 5.91 Å². The van der Waals surface area contributed by atoms with Gasteiger partial charge in [-0.05, 0) is 49.8 Å². The van der Waals surface area contributed by atoms with Crippen molar-refractivity contribution in [3.63, 3.8) is 0 Å². The van der Waals surface area contributed by atoms with Gasteiger partial charge >= 0.3 is 0 Å². The Balaban J connectivity index is 1.55. The normalized spacial score (nSPS) is 19.1. The summed E-state index contributed by atoms with van der Waals surface area (Å²) in [5, 5.41) is 3.20. The fourth-order valence-electron chi connectivity index (χ4n) is 3.77. The predicted octanol–water partition coefficient (Wildman–Crippen LogP) is 3.37. The molecule has 0 bridgehead atoms. The molecule has 142 valence electrons. The van der Waals surface area contributed by atoms with Crippen molar-refractivity contribution in [2.45, 2.75) is 45.4 Å². The summed E-state index contributed by atoms with van der Waals surface area (Å²) in [6, 6.07) is 7.55. The topological polar surface area (TPSA) is 52.7 Å². The molecule has 2 saturated heterocycles. The third-order valence-corrected chi connectivity index (χ3v) is 5.58. The quantitative estimate of drug-likeness (QED) is 0.899. The van der Waals surface area contributed by atoms with E-state index in [1.54, 1.807) is 0 Å². The van der Waals surface area contributed by atoms with Crippen LogP contribution in [0.15, 0.2) is 24.3 Å². The lowest BCUT2D eigenvalue weighted by molar-refractivity contribution is -0.130. The first kappa shape index (κ1) is 18.7. The summed E-state index contributed by atoms with van der Waals surface area (Å²) >= 11 is 0. The second-order valence-corrected chi connectivity index (χ2v) is 7.70. The average Bonchev–Trinajstić information content (AvgIpc) is 2.96. The number of nitrogens with zero attached hydrogens (tertiary/aromatic N) is 2. The first-order chi connectivity index (χ1) is 12.6. The molecule has 26 heavy (non-hydrogen) atoms. The van der Waals surface area contributed by atoms with Gasteiger partial charge in [0.05, 0.1) is 6.54 Å². The second kappa shape index (κ2) is 9.06. The van der Waals surface area contributed by atoms with Gasteiger partial charge in [-0.1, -0.05) is 25.8 Å². The van der Waals surface area contributed by atoms with E-state index < -0.39 is 0 Å². The van der Waals surface area contributed by atoms with Gasteiger partial charge in [0.25, 0.3) is 5.91 Å². The molecule has 5 heteroatoms. The first-order valence-corrected chi connectivity index (χ1v) is 10.0. The van der Waals surface area contributed by atoms with Crippen LogP contribution in [0, 0.1) is 5.92 Å². The summed E-state index contributed by atoms with van der Waals surface area (Å²) in [6.07, 6.45) is 6.78. The van der Waals surface area contributed by atoms with Gasteiger partial charge in [-0.2, -0.15) is 0 Å². The zero-order valence-corrected chi connectivity index (χ0v) is 15.9. The van der Waals surface area contributed by atoms with Crippen molar-refractivity contribution < 1.29 is 9.59 Å². The van der Waals surface area contributed by atoms with Crippen molar-refractivity contribution in [1.82, 2.24) is 9.80 Å². The van der Waals surface area contributed by atoms with Crippen molar-refractivity contribution in [3.8, 4) is 0 Å². The summed E-state index contributed by atoms with van der Waals surface area (Å²) in [6.45, 7) is 5.94. The monoisotopic (exact) mass is 357 g/mol. The number of hydrogen-bond acceptors (Lipinski definition) is 3. The van der Waals surface area contributed by atoms with E-state index in [1.807, 2.05) is 34.1 Å². The number of carbonyl (C=O) groups excluding carboxylic acids is 2. The van der Waals surface area contributed by atoms with Gasteiger partial charge < -0.3 is 15.1 Å². The number of amides is 2. The SMILES string of the molecule is CC1CCN(C(=O)CNc2cccc(C(=O)N3CCCCCC3)c2)CC1. The molecule has 2 amide bonds. The van der Waals surface area contributed by atoms with Crippen LogP contribution in [0.3, 0.4) is 0 Å². The lowest BCUT2D eigenvalue weighted by Crippen LogP contribution is -2.40. The standard InChI is InChI=1S/C21H31N3O2/c1-17-9-13-23(14-10-17)20(25)16-22-19-8-6-7-18(15-19)21(26)24-11-4-2-3-5-12-24/h6-8,15,17,22H,2-5,9-14,16H2,1H3. The Kier molecular flexibility index (Phi) is 6.53. The Morgan fingerprint density at radius 3 is 2.38 bits per heavy atom. The number of hydrogen-bond donors (Lipinski definition) is 1. The maximum atomic E-state index is 12.7. The minimum Gasteiger partial charge on any atom is -0.376 e. The maximum Gasteiger partial charge on any atom is 0.253 e. The van der Waals surface area contributed by atoms with E-state index in [9.17, 15) is 9.59 Å². The highest BCUT2D eigenvalue weighted by molar-refractivity contribution is 5.95. The zero-order chi connectivity index (χ0) is 18.4. The highest BCUT2D eigenvalue weighted by Gasteiger charge is 2.20. The predicted molar refractivity (Wildman–Crippen MR) is 104 cm³/mol. The molecule has 2 fully saturated rings. The van der Waals surface area contributed by atoms with Gasteiger partial charge in [0.1, 0.15) is 0 Å². The molecule has 0 aliphatic carbocycles. The molecule has 0 saturated carbocycles. The molecular formula is C21H31N3O2. The van der Waals surface area contributed by atoms with Crippen LogP contribution in [-0.4, -0.2) is 54.3 Å². The van der Waals surface area contributed by atoms with Crippen molar-refractivity contribution in [3.05, 3.63) is 29.8 Å². The number of carbonyl (C=O) groups is 2. The largest absolute Gasteiger partial charge is 0.376 e. The third-order valence-electron chi connectivity index (χ3n) is 5.58. The van der Waals surface area contributed by atoms with Crippen molar-refractivity contribution in [2.24, 2.45) is 5.92 Å². The van der Waals surface area contributed by atoms with E-state index in [2.05, 4.69) is 12.2 Å². The van der Waals surface area contributed by atoms with Gasteiger partial charge in [-0.25, -0.2) is 0 Å². The fourth-order valence-corrected chi connectivity index (χ4v) is 3.77. The van der Waals surface area contributed by atoms with Crippen LogP contribution < -0.4 is 5.32 Å². The molecule has 1 N–H and O–H groups in total. The molecule has 0 unspecified atom stereocenters. The van der Waals surface area contributed by atoms with Crippen LogP contribution in [0.2, 0.25) is 0 Å². The van der Waals surface area contributed by atoms with E-state index in [4.69, 9.17) is 0 Å². The molecule has 1 aromatic carbocycles. The van der Waals surface area contributed by atoms with E-state index in [0.717, 1.165) is 57.5 Å². The Bertz CT molecular complexity index is 615. The Labute approximate surface area is 156 Å². The molecule has 2 aliphatic heterocycles. The molecule has 1 aromatic rings. The van der Waals surface area contributed by atoms with Crippen LogP contribution in [0.25, 0.3) is 0 Å². The first-order valence-electron chi connectivity index (χ1n) is 10.0. The highest BCUT2D eigenvalue weighted by Crippen LogP contribution is 2.18. The van der Waals surface area contributed by atoms with Gasteiger partial charge in [-0.15, -0.1) is 0 Å². The van der Waals surface area contributed by atoms with Crippen molar-refractivity contribution in [1.29, 1.82) is 0 Å². The van der Waals surface area contributed by atoms with E-state index >= 15 is 0 Å². The summed E-state index contributed by atoms with van der Waals surface area (Å²) in [5.41, 5.74) is 1.54. The van der Waals surface area contributed by atoms with Crippen LogP contribution in [0.4, 0.5) is 5.69 Å². The molecule has 0 radical (unpaired) electrons. The average molecular weight is 357 g/mol. The van der Waals surface area contributed by atoms with E-state index in [0.29, 0.717) is 11.5 Å². The Morgan fingerprint density at radius 1 is 1.00 bits per heavy atom. The zero-order valence-electron chi connectivity index (χ0n) is 15.9. The molecule has 2 aliphatic rings. The van der Waals surface area contributed by atoms with Crippen LogP contribution in [0.1, 0.15) is 55.8 Å². The number of rotatable bonds is 4. The number of benzene rings is 1. The summed E-state index contributed by atoms with van der Waals surface area (Å²) in [5.74, 6) is 0.960. The lowest BCUT2D eigenvalue weighted by atomic mass is 9.99. The third kappa shape index (κ3) is 4.99. The second-order valence-electron chi connectivity index (χ2n) is 7.70. The van der Waals surface area contributed by atoms with Crippen LogP contribution >= 0.6 is 0 Å². The van der Waals surface area contributed by atoms with Gasteiger partial charge in [-0.3, -0.25) is 9.59 Å². The summed E-state index contributed by atoms with van der Waals surface area (Å²) in [7, 11) is 0. The molecule has 0 atom stereocenters. The molecule has 0 aromatic heterocycles. The van der Waals surface area contributed by atoms with Crippen LogP contribution in [-0.2, 0) is 4.79 Å². The fraction of sp³-hybridized carbons (Fsp3) is 0.619. The Hall–Kier alpha value is -2.04. The number of anilines is 1. The van der Waals surface area contributed by atoms with Crippen molar-refractivity contribution >= 4 is 17.5 Å². The minimum absolute atomic E-state index is 0.104. The molecular weight excluding hydrogens is 326 g/mol. The minimum atomic E-state index is 0.104. The smallest absolute Gasteiger partial charge is 0.253 e. The molecule has 3 rings (SSSR count). The molecule has 5 nitrogen and oxygen atoms in total. The Morgan fingerprint density at radius 2 is 1.69 bits per heavy atom. The van der Waals surface area contributed by atoms with Crippen LogP contribution in [0.5, 0.6) is 0 Å². The van der Waals surface area contributed by atoms with Crippen molar-refractivity contribution in [2.75, 3.05) is 38.0 Å². The summed E-state index contributed by atoms with van der Waals surface area (Å²) < 4.78 is 0. The number of nitrogens with one attached hydrogen (secondary N) is 1. The number of piperidine rings is 1. The lowest BCUT2D eigenvalue weighted by Gasteiger charge is -2.30. The van der Waals surface area contributed by atoms with E-state index in [-0.39, 0.29) is 18.4 Å². The number of likely N-dealkylation sites (tertiary alicyclic amines) is 2. The molecule has 0 spiro atoms. The maximum absolute atomic E-state index is 12.7.